The van der Waals surface area contributed by atoms with E-state index in [9.17, 15) is 18.4 Å². The van der Waals surface area contributed by atoms with Gasteiger partial charge in [0.25, 0.3) is 5.91 Å². The molecule has 0 aliphatic rings. The van der Waals surface area contributed by atoms with Gasteiger partial charge in [0.2, 0.25) is 0 Å². The smallest absolute Gasteiger partial charge is 0.387 e. The van der Waals surface area contributed by atoms with Crippen molar-refractivity contribution in [3.05, 3.63) is 59.7 Å². The van der Waals surface area contributed by atoms with E-state index in [1.54, 1.807) is 12.1 Å². The second-order valence-corrected chi connectivity index (χ2v) is 6.06. The van der Waals surface area contributed by atoms with Crippen molar-refractivity contribution >= 4 is 23.6 Å². The van der Waals surface area contributed by atoms with Gasteiger partial charge in [-0.3, -0.25) is 4.79 Å². The average Bonchev–Trinajstić information content (AvgIpc) is 2.68. The molecule has 0 aromatic heterocycles. The van der Waals surface area contributed by atoms with E-state index in [-0.39, 0.29) is 11.5 Å². The van der Waals surface area contributed by atoms with Crippen LogP contribution < -0.4 is 14.8 Å². The number of anilines is 1. The van der Waals surface area contributed by atoms with Gasteiger partial charge in [0.1, 0.15) is 0 Å². The third kappa shape index (κ3) is 6.91. The second kappa shape index (κ2) is 10.2. The number of halogens is 2. The minimum atomic E-state index is -2.98. The van der Waals surface area contributed by atoms with E-state index in [1.165, 1.54) is 38.3 Å². The molecular formula is C21H21F2NO5. The fraction of sp³-hybridized carbons (Fsp3) is 0.238. The molecule has 2 rings (SSSR count). The van der Waals surface area contributed by atoms with Crippen LogP contribution >= 0.6 is 0 Å². The molecule has 0 spiro atoms. The quantitative estimate of drug-likeness (QED) is 0.527. The van der Waals surface area contributed by atoms with Gasteiger partial charge < -0.3 is 19.5 Å². The number of rotatable bonds is 8. The van der Waals surface area contributed by atoms with E-state index >= 15 is 0 Å². The van der Waals surface area contributed by atoms with Crippen molar-refractivity contribution in [2.24, 2.45) is 0 Å². The third-order valence-corrected chi connectivity index (χ3v) is 3.80. The molecule has 0 saturated carbocycles. The molecule has 0 aliphatic carbocycles. The highest BCUT2D eigenvalue weighted by atomic mass is 19.3. The van der Waals surface area contributed by atoms with Gasteiger partial charge in [-0.2, -0.15) is 8.78 Å². The molecule has 0 bridgehead atoms. The summed E-state index contributed by atoms with van der Waals surface area (Å²) in [5.74, 6) is -1.23. The standard InChI is InChI=1S/C21H21F2NO5/c1-13-4-8-16(9-5-13)24-20(26)14(2)28-19(25)11-7-15-6-10-17(29-21(22)23)18(12-15)27-3/h4-12,14,21H,1-3H3,(H,24,26)/b11-7+/t14-/m1/s1. The van der Waals surface area contributed by atoms with E-state index in [0.29, 0.717) is 11.3 Å². The summed E-state index contributed by atoms with van der Waals surface area (Å²) in [6.45, 7) is 0.402. The van der Waals surface area contributed by atoms with Crippen LogP contribution in [0.15, 0.2) is 48.5 Å². The van der Waals surface area contributed by atoms with Gasteiger partial charge in [0.15, 0.2) is 17.6 Å². The van der Waals surface area contributed by atoms with Gasteiger partial charge in [-0.1, -0.05) is 23.8 Å². The minimum absolute atomic E-state index is 0.0895. The first-order chi connectivity index (χ1) is 13.8. The predicted molar refractivity (Wildman–Crippen MR) is 104 cm³/mol. The second-order valence-electron chi connectivity index (χ2n) is 6.06. The Kier molecular flexibility index (Phi) is 7.70. The lowest BCUT2D eigenvalue weighted by molar-refractivity contribution is -0.148. The number of hydrogen-bond acceptors (Lipinski definition) is 5. The zero-order chi connectivity index (χ0) is 21.4. The molecule has 0 unspecified atom stereocenters. The summed E-state index contributed by atoms with van der Waals surface area (Å²) < 4.78 is 39.1. The largest absolute Gasteiger partial charge is 0.493 e. The number of ether oxygens (including phenoxy) is 3. The number of methoxy groups -OCH3 is 1. The van der Waals surface area contributed by atoms with Crippen LogP contribution in [0.5, 0.6) is 11.5 Å². The number of alkyl halides is 2. The first-order valence-corrected chi connectivity index (χ1v) is 8.67. The number of carbonyl (C=O) groups is 2. The number of nitrogens with one attached hydrogen (secondary N) is 1. The average molecular weight is 405 g/mol. The Morgan fingerprint density at radius 3 is 2.38 bits per heavy atom. The fourth-order valence-electron chi connectivity index (χ4n) is 2.29. The Hall–Kier alpha value is -3.42. The van der Waals surface area contributed by atoms with Crippen LogP contribution in [-0.4, -0.2) is 31.7 Å². The number of hydrogen-bond donors (Lipinski definition) is 1. The Morgan fingerprint density at radius 1 is 1.07 bits per heavy atom. The Balaban J connectivity index is 1.94. The van der Waals surface area contributed by atoms with Crippen LogP contribution in [0.4, 0.5) is 14.5 Å². The minimum Gasteiger partial charge on any atom is -0.493 e. The first-order valence-electron chi connectivity index (χ1n) is 8.67. The van der Waals surface area contributed by atoms with Gasteiger partial charge in [-0.05, 0) is 49.8 Å². The topological polar surface area (TPSA) is 73.9 Å². The lowest BCUT2D eigenvalue weighted by Crippen LogP contribution is -2.29. The predicted octanol–water partition coefficient (Wildman–Crippen LogP) is 4.19. The molecule has 0 aliphatic heterocycles. The van der Waals surface area contributed by atoms with Crippen LogP contribution in [-0.2, 0) is 14.3 Å². The van der Waals surface area contributed by atoms with Crippen LogP contribution in [0.1, 0.15) is 18.1 Å². The van der Waals surface area contributed by atoms with E-state index in [4.69, 9.17) is 9.47 Å². The van der Waals surface area contributed by atoms with Gasteiger partial charge in [0, 0.05) is 11.8 Å². The molecular weight excluding hydrogens is 384 g/mol. The lowest BCUT2D eigenvalue weighted by Gasteiger charge is -2.12. The van der Waals surface area contributed by atoms with Crippen LogP contribution in [0, 0.1) is 6.92 Å². The van der Waals surface area contributed by atoms with E-state index in [0.717, 1.165) is 11.6 Å². The maximum absolute atomic E-state index is 12.3. The number of amides is 1. The maximum atomic E-state index is 12.3. The molecule has 0 fully saturated rings. The summed E-state index contributed by atoms with van der Waals surface area (Å²) in [5, 5.41) is 2.65. The van der Waals surface area contributed by atoms with Crippen molar-refractivity contribution in [2.75, 3.05) is 12.4 Å². The van der Waals surface area contributed by atoms with Crippen molar-refractivity contribution in [1.82, 2.24) is 0 Å². The van der Waals surface area contributed by atoms with Gasteiger partial charge in [0.05, 0.1) is 7.11 Å². The van der Waals surface area contributed by atoms with Crippen molar-refractivity contribution in [3.63, 3.8) is 0 Å². The molecule has 0 heterocycles. The molecule has 2 aromatic carbocycles. The molecule has 1 amide bonds. The number of esters is 1. The fourth-order valence-corrected chi connectivity index (χ4v) is 2.29. The molecule has 6 nitrogen and oxygen atoms in total. The highest BCUT2D eigenvalue weighted by Gasteiger charge is 2.17. The van der Waals surface area contributed by atoms with Gasteiger partial charge >= 0.3 is 12.6 Å². The van der Waals surface area contributed by atoms with Gasteiger partial charge in [-0.15, -0.1) is 0 Å². The summed E-state index contributed by atoms with van der Waals surface area (Å²) in [4.78, 5) is 24.1. The highest BCUT2D eigenvalue weighted by Crippen LogP contribution is 2.29. The normalized spacial score (nSPS) is 11.9. The monoisotopic (exact) mass is 405 g/mol. The summed E-state index contributed by atoms with van der Waals surface area (Å²) >= 11 is 0. The highest BCUT2D eigenvalue weighted by molar-refractivity contribution is 5.96. The summed E-state index contributed by atoms with van der Waals surface area (Å²) in [6.07, 6.45) is 1.52. The molecule has 154 valence electrons. The van der Waals surface area contributed by atoms with Crippen molar-refractivity contribution < 1.29 is 32.6 Å². The van der Waals surface area contributed by atoms with E-state index < -0.39 is 24.6 Å². The van der Waals surface area contributed by atoms with Crippen LogP contribution in [0.2, 0.25) is 0 Å². The molecule has 8 heteroatoms. The summed E-state index contributed by atoms with van der Waals surface area (Å²) in [7, 11) is 1.31. The number of benzene rings is 2. The summed E-state index contributed by atoms with van der Waals surface area (Å²) in [5.41, 5.74) is 2.15. The Bertz CT molecular complexity index is 881. The van der Waals surface area contributed by atoms with Crippen molar-refractivity contribution in [3.8, 4) is 11.5 Å². The Morgan fingerprint density at radius 2 is 1.76 bits per heavy atom. The Labute approximate surface area is 167 Å². The molecule has 1 atom stereocenters. The van der Waals surface area contributed by atoms with Crippen molar-refractivity contribution in [2.45, 2.75) is 26.6 Å². The molecule has 0 saturated heterocycles. The number of carbonyl (C=O) groups excluding carboxylic acids is 2. The maximum Gasteiger partial charge on any atom is 0.387 e. The third-order valence-electron chi connectivity index (χ3n) is 3.80. The molecule has 29 heavy (non-hydrogen) atoms. The van der Waals surface area contributed by atoms with Crippen molar-refractivity contribution in [1.29, 1.82) is 0 Å². The first kappa shape index (κ1) is 21.9. The van der Waals surface area contributed by atoms with Crippen LogP contribution in [0.25, 0.3) is 6.08 Å². The van der Waals surface area contributed by atoms with E-state index in [1.807, 2.05) is 19.1 Å². The molecule has 2 aromatic rings. The molecule has 1 N–H and O–H groups in total. The van der Waals surface area contributed by atoms with Gasteiger partial charge in [-0.25, -0.2) is 4.79 Å². The zero-order valence-corrected chi connectivity index (χ0v) is 16.1. The lowest BCUT2D eigenvalue weighted by atomic mass is 10.2. The number of aryl methyl sites for hydroxylation is 1. The van der Waals surface area contributed by atoms with E-state index in [2.05, 4.69) is 10.1 Å². The molecule has 0 radical (unpaired) electrons. The summed E-state index contributed by atoms with van der Waals surface area (Å²) in [6, 6.07) is 11.4. The SMILES string of the molecule is COc1cc(/C=C/C(=O)O[C@H](C)C(=O)Nc2ccc(C)cc2)ccc1OC(F)F. The van der Waals surface area contributed by atoms with Crippen LogP contribution in [0.3, 0.4) is 0 Å². The zero-order valence-electron chi connectivity index (χ0n) is 16.1.